The van der Waals surface area contributed by atoms with Crippen LogP contribution in [0.4, 0.5) is 0 Å². The molecule has 4 nitrogen and oxygen atoms in total. The molecule has 4 N–H and O–H groups in total. The fourth-order valence-electron chi connectivity index (χ4n) is 2.17. The zero-order valence-corrected chi connectivity index (χ0v) is 9.46. The van der Waals surface area contributed by atoms with Gasteiger partial charge in [-0.3, -0.25) is 4.79 Å². The number of aliphatic hydroxyl groups excluding tert-OH is 1. The highest BCUT2D eigenvalue weighted by Gasteiger charge is 2.38. The summed E-state index contributed by atoms with van der Waals surface area (Å²) in [6.45, 7) is 2.19. The van der Waals surface area contributed by atoms with E-state index in [1.54, 1.807) is 6.92 Å². The van der Waals surface area contributed by atoms with Gasteiger partial charge in [0.2, 0.25) is 5.91 Å². The molecule has 4 heteroatoms. The van der Waals surface area contributed by atoms with E-state index in [1.807, 2.05) is 0 Å². The van der Waals surface area contributed by atoms with E-state index < -0.39 is 0 Å². The summed E-state index contributed by atoms with van der Waals surface area (Å²) in [6.07, 6.45) is 5.13. The lowest BCUT2D eigenvalue weighted by molar-refractivity contribution is -0.133. The van der Waals surface area contributed by atoms with Gasteiger partial charge in [0, 0.05) is 12.6 Å². The molecule has 1 aliphatic carbocycles. The van der Waals surface area contributed by atoms with Crippen molar-refractivity contribution in [3.8, 4) is 0 Å². The first-order valence-corrected chi connectivity index (χ1v) is 5.76. The Bertz CT molecular complexity index is 213. The number of hydrogen-bond acceptors (Lipinski definition) is 3. The summed E-state index contributed by atoms with van der Waals surface area (Å²) in [5.74, 6) is 0.0197. The third-order valence-corrected chi connectivity index (χ3v) is 3.33. The number of carbonyl (C=O) groups is 1. The second-order valence-corrected chi connectivity index (χ2v) is 4.60. The molecular weight excluding hydrogens is 192 g/mol. The molecule has 0 heterocycles. The molecule has 1 rings (SSSR count). The van der Waals surface area contributed by atoms with Gasteiger partial charge in [-0.05, 0) is 19.8 Å². The van der Waals surface area contributed by atoms with E-state index in [2.05, 4.69) is 5.32 Å². The predicted molar refractivity (Wildman–Crippen MR) is 59.3 cm³/mol. The standard InChI is InChI=1S/C11H22N2O2/c1-9(7-14)13-10(15)11(8-12)5-3-2-4-6-11/h9,14H,2-8,12H2,1H3,(H,13,15)/t9-/m1/s1. The predicted octanol–water partition coefficient (Wildman–Crippen LogP) is 0.393. The van der Waals surface area contributed by atoms with Gasteiger partial charge in [-0.15, -0.1) is 0 Å². The van der Waals surface area contributed by atoms with E-state index in [-0.39, 0.29) is 24.0 Å². The maximum Gasteiger partial charge on any atom is 0.227 e. The molecule has 1 saturated carbocycles. The zero-order valence-electron chi connectivity index (χ0n) is 9.46. The number of amides is 1. The van der Waals surface area contributed by atoms with Crippen LogP contribution in [0.25, 0.3) is 0 Å². The summed E-state index contributed by atoms with van der Waals surface area (Å²) < 4.78 is 0. The van der Waals surface area contributed by atoms with E-state index in [0.29, 0.717) is 6.54 Å². The number of rotatable bonds is 4. The van der Waals surface area contributed by atoms with Gasteiger partial charge in [-0.2, -0.15) is 0 Å². The first-order chi connectivity index (χ1) is 7.14. The van der Waals surface area contributed by atoms with Crippen molar-refractivity contribution in [2.24, 2.45) is 11.1 Å². The molecule has 0 aromatic rings. The van der Waals surface area contributed by atoms with Crippen LogP contribution in [-0.2, 0) is 4.79 Å². The van der Waals surface area contributed by atoms with Gasteiger partial charge in [0.25, 0.3) is 0 Å². The Morgan fingerprint density at radius 3 is 2.53 bits per heavy atom. The topological polar surface area (TPSA) is 75.3 Å². The van der Waals surface area contributed by atoms with Crippen molar-refractivity contribution in [1.29, 1.82) is 0 Å². The summed E-state index contributed by atoms with van der Waals surface area (Å²) in [5.41, 5.74) is 5.36. The molecule has 0 aliphatic heterocycles. The number of nitrogens with two attached hydrogens (primary N) is 1. The van der Waals surface area contributed by atoms with Crippen molar-refractivity contribution in [2.75, 3.05) is 13.2 Å². The van der Waals surface area contributed by atoms with Gasteiger partial charge < -0.3 is 16.2 Å². The number of carbonyl (C=O) groups excluding carboxylic acids is 1. The van der Waals surface area contributed by atoms with E-state index in [9.17, 15) is 4.79 Å². The third-order valence-electron chi connectivity index (χ3n) is 3.33. The molecule has 0 aromatic carbocycles. The lowest BCUT2D eigenvalue weighted by Crippen LogP contribution is -2.50. The van der Waals surface area contributed by atoms with Gasteiger partial charge in [0.05, 0.1) is 12.0 Å². The largest absolute Gasteiger partial charge is 0.394 e. The summed E-state index contributed by atoms with van der Waals surface area (Å²) in [5, 5.41) is 11.7. The molecular formula is C11H22N2O2. The first kappa shape index (κ1) is 12.5. The minimum Gasteiger partial charge on any atom is -0.394 e. The molecule has 1 aliphatic rings. The van der Waals surface area contributed by atoms with Crippen molar-refractivity contribution in [3.05, 3.63) is 0 Å². The van der Waals surface area contributed by atoms with E-state index in [1.165, 1.54) is 6.42 Å². The molecule has 0 radical (unpaired) electrons. The fourth-order valence-corrected chi connectivity index (χ4v) is 2.17. The van der Waals surface area contributed by atoms with E-state index in [0.717, 1.165) is 25.7 Å². The van der Waals surface area contributed by atoms with Crippen molar-refractivity contribution in [1.82, 2.24) is 5.32 Å². The van der Waals surface area contributed by atoms with E-state index >= 15 is 0 Å². The summed E-state index contributed by atoms with van der Waals surface area (Å²) in [4.78, 5) is 12.0. The Kier molecular flexibility index (Phi) is 4.54. The van der Waals surface area contributed by atoms with Crippen LogP contribution >= 0.6 is 0 Å². The average Bonchev–Trinajstić information content (AvgIpc) is 2.29. The number of aliphatic hydroxyl groups is 1. The Labute approximate surface area is 91.2 Å². The molecule has 0 saturated heterocycles. The summed E-state index contributed by atoms with van der Waals surface area (Å²) in [6, 6.07) is -0.178. The van der Waals surface area contributed by atoms with Crippen LogP contribution < -0.4 is 11.1 Å². The molecule has 1 fully saturated rings. The smallest absolute Gasteiger partial charge is 0.227 e. The molecule has 0 spiro atoms. The Morgan fingerprint density at radius 1 is 1.47 bits per heavy atom. The van der Waals surface area contributed by atoms with Crippen molar-refractivity contribution in [2.45, 2.75) is 45.1 Å². The second kappa shape index (κ2) is 5.47. The Hall–Kier alpha value is -0.610. The maximum absolute atomic E-state index is 12.0. The second-order valence-electron chi connectivity index (χ2n) is 4.60. The minimum absolute atomic E-state index is 0.0197. The van der Waals surface area contributed by atoms with Crippen molar-refractivity contribution in [3.63, 3.8) is 0 Å². The maximum atomic E-state index is 12.0. The molecule has 1 atom stereocenters. The summed E-state index contributed by atoms with van der Waals surface area (Å²) >= 11 is 0. The van der Waals surface area contributed by atoms with E-state index in [4.69, 9.17) is 10.8 Å². The molecule has 0 aromatic heterocycles. The minimum atomic E-state index is -0.373. The van der Waals surface area contributed by atoms with Crippen molar-refractivity contribution < 1.29 is 9.90 Å². The zero-order chi connectivity index (χ0) is 11.3. The van der Waals surface area contributed by atoms with Crippen LogP contribution in [0.15, 0.2) is 0 Å². The monoisotopic (exact) mass is 214 g/mol. The highest BCUT2D eigenvalue weighted by Crippen LogP contribution is 2.35. The normalized spacial score (nSPS) is 22.1. The van der Waals surface area contributed by atoms with Crippen LogP contribution in [0.2, 0.25) is 0 Å². The van der Waals surface area contributed by atoms with Crippen LogP contribution in [0.1, 0.15) is 39.0 Å². The average molecular weight is 214 g/mol. The van der Waals surface area contributed by atoms with Gasteiger partial charge >= 0.3 is 0 Å². The quantitative estimate of drug-likeness (QED) is 0.634. The van der Waals surface area contributed by atoms with Crippen LogP contribution in [0.5, 0.6) is 0 Å². The van der Waals surface area contributed by atoms with Gasteiger partial charge in [0.15, 0.2) is 0 Å². The number of nitrogens with one attached hydrogen (secondary N) is 1. The Morgan fingerprint density at radius 2 is 2.07 bits per heavy atom. The number of hydrogen-bond donors (Lipinski definition) is 3. The van der Waals surface area contributed by atoms with Gasteiger partial charge in [-0.25, -0.2) is 0 Å². The van der Waals surface area contributed by atoms with Gasteiger partial charge in [-0.1, -0.05) is 19.3 Å². The van der Waals surface area contributed by atoms with Crippen LogP contribution in [0.3, 0.4) is 0 Å². The molecule has 0 bridgehead atoms. The Balaban J connectivity index is 2.59. The fraction of sp³-hybridized carbons (Fsp3) is 0.909. The lowest BCUT2D eigenvalue weighted by Gasteiger charge is -2.35. The lowest BCUT2D eigenvalue weighted by atomic mass is 9.73. The molecule has 15 heavy (non-hydrogen) atoms. The van der Waals surface area contributed by atoms with Gasteiger partial charge in [0.1, 0.15) is 0 Å². The third kappa shape index (κ3) is 2.92. The molecule has 88 valence electrons. The first-order valence-electron chi connectivity index (χ1n) is 5.76. The molecule has 0 unspecified atom stereocenters. The highest BCUT2D eigenvalue weighted by atomic mass is 16.3. The SMILES string of the molecule is C[C@H](CO)NC(=O)C1(CN)CCCCC1. The van der Waals surface area contributed by atoms with Crippen LogP contribution in [-0.4, -0.2) is 30.2 Å². The molecule has 1 amide bonds. The van der Waals surface area contributed by atoms with Crippen molar-refractivity contribution >= 4 is 5.91 Å². The summed E-state index contributed by atoms with van der Waals surface area (Å²) in [7, 11) is 0. The van der Waals surface area contributed by atoms with Crippen LogP contribution in [0, 0.1) is 5.41 Å². The highest BCUT2D eigenvalue weighted by molar-refractivity contribution is 5.83.